The Morgan fingerprint density at radius 3 is 3.00 bits per heavy atom. The van der Waals surface area contributed by atoms with Gasteiger partial charge in [0.25, 0.3) is 0 Å². The third-order valence-corrected chi connectivity index (χ3v) is 4.00. The van der Waals surface area contributed by atoms with Crippen molar-refractivity contribution in [2.75, 3.05) is 10.6 Å². The number of nitrogens with one attached hydrogen (secondary N) is 3. The Bertz CT molecular complexity index is 698. The Morgan fingerprint density at radius 1 is 1.43 bits per heavy atom. The molecule has 1 aromatic heterocycles. The van der Waals surface area contributed by atoms with Crippen LogP contribution in [0.2, 0.25) is 0 Å². The summed E-state index contributed by atoms with van der Waals surface area (Å²) in [5.41, 5.74) is 1.78. The monoisotopic (exact) mass is 348 g/mol. The molecule has 21 heavy (non-hydrogen) atoms. The average molecular weight is 349 g/mol. The minimum atomic E-state index is -0.158. The fourth-order valence-corrected chi connectivity index (χ4v) is 2.75. The van der Waals surface area contributed by atoms with E-state index in [9.17, 15) is 9.59 Å². The van der Waals surface area contributed by atoms with Gasteiger partial charge in [0.2, 0.25) is 11.8 Å². The predicted octanol–water partition coefficient (Wildman–Crippen LogP) is 2.63. The number of halogens is 1. The molecule has 7 heteroatoms. The number of hydrogen-bond acceptors (Lipinski definition) is 3. The molecule has 0 aliphatic carbocycles. The lowest BCUT2D eigenvalue weighted by Crippen LogP contribution is -2.26. The number of rotatable bonds is 3. The standard InChI is InChI=1S/C14H13BrN4O2/c15-10-7-16-19-14(10)18-13(21)6-8-5-12(20)17-11-4-2-1-3-9(8)11/h1-4,7-8H,5-6H2,(H,17,20)(H2,16,18,19,21). The molecule has 3 N–H and O–H groups in total. The van der Waals surface area contributed by atoms with Crippen LogP contribution in [0.1, 0.15) is 24.3 Å². The second-order valence-corrected chi connectivity index (χ2v) is 5.74. The minimum absolute atomic E-state index is 0.0609. The predicted molar refractivity (Wildman–Crippen MR) is 82.0 cm³/mol. The lowest BCUT2D eigenvalue weighted by atomic mass is 9.88. The quantitative estimate of drug-likeness (QED) is 0.796. The summed E-state index contributed by atoms with van der Waals surface area (Å²) in [7, 11) is 0. The van der Waals surface area contributed by atoms with Crippen LogP contribution in [-0.2, 0) is 9.59 Å². The maximum Gasteiger partial charge on any atom is 0.226 e. The van der Waals surface area contributed by atoms with Gasteiger partial charge in [0, 0.05) is 24.4 Å². The number of carbonyl (C=O) groups is 2. The SMILES string of the molecule is O=C1CC(CC(=O)Nc2[nH]ncc2Br)c2ccccc2N1. The van der Waals surface area contributed by atoms with Crippen molar-refractivity contribution in [3.63, 3.8) is 0 Å². The molecule has 1 unspecified atom stereocenters. The maximum absolute atomic E-state index is 12.1. The van der Waals surface area contributed by atoms with Gasteiger partial charge in [-0.25, -0.2) is 0 Å². The molecule has 0 radical (unpaired) electrons. The highest BCUT2D eigenvalue weighted by atomic mass is 79.9. The van der Waals surface area contributed by atoms with Gasteiger partial charge in [-0.05, 0) is 27.6 Å². The molecule has 0 spiro atoms. The van der Waals surface area contributed by atoms with Gasteiger partial charge in [-0.15, -0.1) is 0 Å². The van der Waals surface area contributed by atoms with Crippen LogP contribution < -0.4 is 10.6 Å². The van der Waals surface area contributed by atoms with Gasteiger partial charge in [0.1, 0.15) is 5.82 Å². The first kappa shape index (κ1) is 13.8. The van der Waals surface area contributed by atoms with Gasteiger partial charge in [-0.3, -0.25) is 14.7 Å². The molecule has 0 bridgehead atoms. The van der Waals surface area contributed by atoms with Gasteiger partial charge < -0.3 is 10.6 Å². The molecular formula is C14H13BrN4O2. The highest BCUT2D eigenvalue weighted by molar-refractivity contribution is 9.10. The Labute approximate surface area is 129 Å². The van der Waals surface area contributed by atoms with E-state index in [1.165, 1.54) is 0 Å². The zero-order chi connectivity index (χ0) is 14.8. The van der Waals surface area contributed by atoms with E-state index in [4.69, 9.17) is 0 Å². The van der Waals surface area contributed by atoms with E-state index >= 15 is 0 Å². The van der Waals surface area contributed by atoms with Crippen molar-refractivity contribution in [3.05, 3.63) is 40.5 Å². The molecule has 3 rings (SSSR count). The van der Waals surface area contributed by atoms with Crippen LogP contribution in [0.5, 0.6) is 0 Å². The largest absolute Gasteiger partial charge is 0.326 e. The molecule has 1 aromatic carbocycles. The van der Waals surface area contributed by atoms with E-state index in [-0.39, 0.29) is 24.2 Å². The molecule has 1 aliphatic heterocycles. The number of nitrogens with zero attached hydrogens (tertiary/aromatic N) is 1. The number of benzene rings is 1. The Kier molecular flexibility index (Phi) is 3.74. The summed E-state index contributed by atoms with van der Waals surface area (Å²) < 4.78 is 0.692. The topological polar surface area (TPSA) is 86.9 Å². The summed E-state index contributed by atoms with van der Waals surface area (Å²) in [6.45, 7) is 0. The number of H-pyrrole nitrogens is 1. The number of para-hydroxylation sites is 1. The van der Waals surface area contributed by atoms with Crippen molar-refractivity contribution in [1.29, 1.82) is 0 Å². The van der Waals surface area contributed by atoms with E-state index < -0.39 is 0 Å². The van der Waals surface area contributed by atoms with Gasteiger partial charge in [0.15, 0.2) is 0 Å². The molecule has 2 heterocycles. The van der Waals surface area contributed by atoms with Crippen LogP contribution in [0.15, 0.2) is 34.9 Å². The molecule has 1 atom stereocenters. The molecule has 108 valence electrons. The van der Waals surface area contributed by atoms with E-state index in [1.54, 1.807) is 6.20 Å². The Hall–Kier alpha value is -2.15. The first-order chi connectivity index (χ1) is 10.1. The number of hydrogen-bond donors (Lipinski definition) is 3. The van der Waals surface area contributed by atoms with Crippen molar-refractivity contribution in [1.82, 2.24) is 10.2 Å². The van der Waals surface area contributed by atoms with Crippen LogP contribution in [0, 0.1) is 0 Å². The molecule has 0 saturated carbocycles. The Balaban J connectivity index is 1.74. The third-order valence-electron chi connectivity index (χ3n) is 3.40. The number of anilines is 2. The second kappa shape index (κ2) is 5.69. The minimum Gasteiger partial charge on any atom is -0.326 e. The molecule has 0 fully saturated rings. The lowest BCUT2D eigenvalue weighted by molar-refractivity contribution is -0.118. The Morgan fingerprint density at radius 2 is 2.24 bits per heavy atom. The summed E-state index contributed by atoms with van der Waals surface area (Å²) >= 11 is 3.28. The van der Waals surface area contributed by atoms with Crippen LogP contribution in [0.4, 0.5) is 11.5 Å². The number of aromatic nitrogens is 2. The van der Waals surface area contributed by atoms with Gasteiger partial charge >= 0.3 is 0 Å². The van der Waals surface area contributed by atoms with Crippen molar-refractivity contribution in [2.45, 2.75) is 18.8 Å². The summed E-state index contributed by atoms with van der Waals surface area (Å²) in [6, 6.07) is 7.57. The van der Waals surface area contributed by atoms with Crippen molar-refractivity contribution < 1.29 is 9.59 Å². The molecule has 1 aliphatic rings. The average Bonchev–Trinajstić information content (AvgIpc) is 2.84. The van der Waals surface area contributed by atoms with Crippen LogP contribution in [-0.4, -0.2) is 22.0 Å². The lowest BCUT2D eigenvalue weighted by Gasteiger charge is -2.25. The smallest absolute Gasteiger partial charge is 0.226 e. The van der Waals surface area contributed by atoms with Gasteiger partial charge in [0.05, 0.1) is 10.7 Å². The molecule has 6 nitrogen and oxygen atoms in total. The van der Waals surface area contributed by atoms with Crippen LogP contribution in [0.3, 0.4) is 0 Å². The van der Waals surface area contributed by atoms with Gasteiger partial charge in [-0.2, -0.15) is 5.10 Å². The van der Waals surface area contributed by atoms with E-state index in [1.807, 2.05) is 24.3 Å². The van der Waals surface area contributed by atoms with E-state index in [0.717, 1.165) is 11.3 Å². The summed E-state index contributed by atoms with van der Waals surface area (Å²) in [5.74, 6) is 0.189. The number of amides is 2. The van der Waals surface area contributed by atoms with Crippen LogP contribution >= 0.6 is 15.9 Å². The fourth-order valence-electron chi connectivity index (χ4n) is 2.46. The number of fused-ring (bicyclic) bond motifs is 1. The highest BCUT2D eigenvalue weighted by Gasteiger charge is 2.26. The normalized spacial score (nSPS) is 17.0. The number of aromatic amines is 1. The van der Waals surface area contributed by atoms with Crippen molar-refractivity contribution >= 4 is 39.2 Å². The van der Waals surface area contributed by atoms with E-state index in [0.29, 0.717) is 16.7 Å². The highest BCUT2D eigenvalue weighted by Crippen LogP contribution is 2.34. The molecule has 2 amide bonds. The zero-order valence-corrected chi connectivity index (χ0v) is 12.6. The zero-order valence-electron chi connectivity index (χ0n) is 11.0. The van der Waals surface area contributed by atoms with Crippen molar-refractivity contribution in [3.8, 4) is 0 Å². The molecule has 2 aromatic rings. The summed E-state index contributed by atoms with van der Waals surface area (Å²) in [5, 5.41) is 12.1. The first-order valence-corrected chi connectivity index (χ1v) is 7.30. The fraction of sp³-hybridized carbons (Fsp3) is 0.214. The second-order valence-electron chi connectivity index (χ2n) is 4.88. The summed E-state index contributed by atoms with van der Waals surface area (Å²) in [6.07, 6.45) is 2.13. The maximum atomic E-state index is 12.1. The molecule has 0 saturated heterocycles. The van der Waals surface area contributed by atoms with E-state index in [2.05, 4.69) is 36.8 Å². The van der Waals surface area contributed by atoms with Crippen LogP contribution in [0.25, 0.3) is 0 Å². The number of carbonyl (C=O) groups excluding carboxylic acids is 2. The van der Waals surface area contributed by atoms with Gasteiger partial charge in [-0.1, -0.05) is 18.2 Å². The third kappa shape index (κ3) is 2.97. The molecular weight excluding hydrogens is 336 g/mol. The summed E-state index contributed by atoms with van der Waals surface area (Å²) in [4.78, 5) is 23.9. The first-order valence-electron chi connectivity index (χ1n) is 6.51. The van der Waals surface area contributed by atoms with Crippen molar-refractivity contribution in [2.24, 2.45) is 0 Å².